The third-order valence-corrected chi connectivity index (χ3v) is 2.44. The van der Waals surface area contributed by atoms with Crippen molar-refractivity contribution in [2.24, 2.45) is 17.4 Å². The number of methoxy groups -OCH3 is 1. The quantitative estimate of drug-likeness (QED) is 0.791. The molecular weight excluding hydrogens is 216 g/mol. The summed E-state index contributed by atoms with van der Waals surface area (Å²) in [4.78, 5) is 0. The Morgan fingerprint density at radius 3 is 2.47 bits per heavy atom. The highest BCUT2D eigenvalue weighted by Gasteiger charge is 2.10. The van der Waals surface area contributed by atoms with E-state index in [4.69, 9.17) is 20.9 Å². The fourth-order valence-electron chi connectivity index (χ4n) is 1.43. The third kappa shape index (κ3) is 3.91. The molecule has 0 aliphatic rings. The van der Waals surface area contributed by atoms with E-state index in [0.717, 1.165) is 11.3 Å². The van der Waals surface area contributed by atoms with E-state index in [0.29, 0.717) is 24.8 Å². The molecule has 0 bridgehead atoms. The van der Waals surface area contributed by atoms with E-state index < -0.39 is 0 Å². The molecule has 1 aromatic rings. The molecule has 1 atom stereocenters. The van der Waals surface area contributed by atoms with Crippen LogP contribution in [0.25, 0.3) is 0 Å². The Hall–Kier alpha value is -1.26. The van der Waals surface area contributed by atoms with Crippen LogP contribution in [0.2, 0.25) is 0 Å². The van der Waals surface area contributed by atoms with Crippen LogP contribution in [0.3, 0.4) is 0 Å². The fraction of sp³-hybridized carbons (Fsp3) is 0.538. The highest BCUT2D eigenvalue weighted by molar-refractivity contribution is 5.43. The monoisotopic (exact) mass is 238 g/mol. The van der Waals surface area contributed by atoms with Gasteiger partial charge in [0.1, 0.15) is 0 Å². The van der Waals surface area contributed by atoms with E-state index in [1.54, 1.807) is 7.11 Å². The van der Waals surface area contributed by atoms with Gasteiger partial charge in [-0.3, -0.25) is 0 Å². The van der Waals surface area contributed by atoms with Crippen LogP contribution in [0.15, 0.2) is 18.2 Å². The van der Waals surface area contributed by atoms with Crippen molar-refractivity contribution in [2.75, 3.05) is 20.3 Å². The minimum atomic E-state index is -0.164. The first kappa shape index (κ1) is 13.8. The number of hydrogen-bond donors (Lipinski definition) is 2. The topological polar surface area (TPSA) is 70.5 Å². The van der Waals surface area contributed by atoms with Crippen LogP contribution in [-0.4, -0.2) is 20.3 Å². The maximum Gasteiger partial charge on any atom is 0.161 e. The molecule has 0 fully saturated rings. The zero-order valence-corrected chi connectivity index (χ0v) is 10.8. The molecule has 0 aliphatic carbocycles. The van der Waals surface area contributed by atoms with Crippen LogP contribution in [0.5, 0.6) is 11.5 Å². The maximum atomic E-state index is 5.87. The zero-order valence-electron chi connectivity index (χ0n) is 10.8. The Morgan fingerprint density at radius 2 is 1.94 bits per heavy atom. The first-order valence-corrected chi connectivity index (χ1v) is 5.84. The number of hydrogen-bond acceptors (Lipinski definition) is 4. The Bertz CT molecular complexity index is 353. The Kier molecular flexibility index (Phi) is 5.25. The van der Waals surface area contributed by atoms with Gasteiger partial charge in [-0.15, -0.1) is 0 Å². The lowest BCUT2D eigenvalue weighted by molar-refractivity contribution is 0.256. The van der Waals surface area contributed by atoms with Crippen LogP contribution in [0, 0.1) is 5.92 Å². The van der Waals surface area contributed by atoms with Gasteiger partial charge in [0.2, 0.25) is 0 Å². The van der Waals surface area contributed by atoms with Crippen molar-refractivity contribution in [1.29, 1.82) is 0 Å². The van der Waals surface area contributed by atoms with Crippen molar-refractivity contribution in [3.63, 3.8) is 0 Å². The summed E-state index contributed by atoms with van der Waals surface area (Å²) in [7, 11) is 1.62. The Balaban J connectivity index is 2.85. The standard InChI is InChI=1S/C13H22N2O2/c1-9(2)8-17-12-5-4-10(11(15)7-14)6-13(12)16-3/h4-6,9,11H,7-8,14-15H2,1-3H3/t11-/m1/s1. The van der Waals surface area contributed by atoms with Crippen molar-refractivity contribution in [3.8, 4) is 11.5 Å². The second kappa shape index (κ2) is 6.47. The number of benzene rings is 1. The maximum absolute atomic E-state index is 5.87. The van der Waals surface area contributed by atoms with E-state index in [9.17, 15) is 0 Å². The van der Waals surface area contributed by atoms with Gasteiger partial charge in [-0.25, -0.2) is 0 Å². The lowest BCUT2D eigenvalue weighted by Crippen LogP contribution is -2.20. The molecule has 0 amide bonds. The van der Waals surface area contributed by atoms with Gasteiger partial charge in [0.15, 0.2) is 11.5 Å². The summed E-state index contributed by atoms with van der Waals surface area (Å²) in [6, 6.07) is 5.53. The molecule has 1 aromatic carbocycles. The van der Waals surface area contributed by atoms with Crippen LogP contribution in [0.1, 0.15) is 25.5 Å². The van der Waals surface area contributed by atoms with Gasteiger partial charge >= 0.3 is 0 Å². The number of ether oxygens (including phenoxy) is 2. The van der Waals surface area contributed by atoms with E-state index in [2.05, 4.69) is 13.8 Å². The van der Waals surface area contributed by atoms with Crippen LogP contribution in [0.4, 0.5) is 0 Å². The van der Waals surface area contributed by atoms with Gasteiger partial charge < -0.3 is 20.9 Å². The van der Waals surface area contributed by atoms with Crippen LogP contribution < -0.4 is 20.9 Å². The van der Waals surface area contributed by atoms with Crippen molar-refractivity contribution in [2.45, 2.75) is 19.9 Å². The first-order chi connectivity index (χ1) is 8.08. The molecule has 0 saturated carbocycles. The summed E-state index contributed by atoms with van der Waals surface area (Å²) in [5.74, 6) is 1.92. The Morgan fingerprint density at radius 1 is 1.24 bits per heavy atom. The molecule has 1 rings (SSSR count). The molecule has 4 N–H and O–H groups in total. The number of rotatable bonds is 6. The normalized spacial score (nSPS) is 12.6. The predicted molar refractivity (Wildman–Crippen MR) is 69.3 cm³/mol. The average Bonchev–Trinajstić information content (AvgIpc) is 2.34. The van der Waals surface area contributed by atoms with Crippen LogP contribution in [-0.2, 0) is 0 Å². The lowest BCUT2D eigenvalue weighted by Gasteiger charge is -2.15. The van der Waals surface area contributed by atoms with E-state index in [1.807, 2.05) is 18.2 Å². The van der Waals surface area contributed by atoms with E-state index >= 15 is 0 Å². The van der Waals surface area contributed by atoms with E-state index in [-0.39, 0.29) is 6.04 Å². The third-order valence-electron chi connectivity index (χ3n) is 2.44. The summed E-state index contributed by atoms with van der Waals surface area (Å²) >= 11 is 0. The fourth-order valence-corrected chi connectivity index (χ4v) is 1.43. The van der Waals surface area contributed by atoms with E-state index in [1.165, 1.54) is 0 Å². The molecule has 0 heterocycles. The molecule has 0 aliphatic heterocycles. The minimum absolute atomic E-state index is 0.164. The summed E-state index contributed by atoms with van der Waals surface area (Å²) < 4.78 is 11.0. The minimum Gasteiger partial charge on any atom is -0.493 e. The highest BCUT2D eigenvalue weighted by Crippen LogP contribution is 2.29. The van der Waals surface area contributed by atoms with Crippen molar-refractivity contribution >= 4 is 0 Å². The van der Waals surface area contributed by atoms with Gasteiger partial charge in [0.25, 0.3) is 0 Å². The molecule has 0 spiro atoms. The first-order valence-electron chi connectivity index (χ1n) is 5.84. The summed E-state index contributed by atoms with van der Waals surface area (Å²) in [5, 5.41) is 0. The summed E-state index contributed by atoms with van der Waals surface area (Å²) in [6.45, 7) is 5.28. The lowest BCUT2D eigenvalue weighted by atomic mass is 10.1. The smallest absolute Gasteiger partial charge is 0.161 e. The van der Waals surface area contributed by atoms with Crippen molar-refractivity contribution < 1.29 is 9.47 Å². The zero-order chi connectivity index (χ0) is 12.8. The molecule has 96 valence electrons. The molecule has 4 nitrogen and oxygen atoms in total. The summed E-state index contributed by atoms with van der Waals surface area (Å²) in [6.07, 6.45) is 0. The molecule has 0 radical (unpaired) electrons. The molecular formula is C13H22N2O2. The Labute approximate surface area is 103 Å². The van der Waals surface area contributed by atoms with Crippen LogP contribution >= 0.6 is 0 Å². The van der Waals surface area contributed by atoms with Gasteiger partial charge in [-0.1, -0.05) is 19.9 Å². The average molecular weight is 238 g/mol. The molecule has 17 heavy (non-hydrogen) atoms. The molecule has 0 unspecified atom stereocenters. The number of nitrogens with two attached hydrogens (primary N) is 2. The second-order valence-electron chi connectivity index (χ2n) is 4.46. The van der Waals surface area contributed by atoms with Crippen molar-refractivity contribution in [1.82, 2.24) is 0 Å². The van der Waals surface area contributed by atoms with Gasteiger partial charge in [-0.2, -0.15) is 0 Å². The van der Waals surface area contributed by atoms with Gasteiger partial charge in [0.05, 0.1) is 13.7 Å². The molecule has 4 heteroatoms. The second-order valence-corrected chi connectivity index (χ2v) is 4.46. The van der Waals surface area contributed by atoms with Crippen molar-refractivity contribution in [3.05, 3.63) is 23.8 Å². The molecule has 0 saturated heterocycles. The molecule has 0 aromatic heterocycles. The largest absolute Gasteiger partial charge is 0.493 e. The van der Waals surface area contributed by atoms with Gasteiger partial charge in [-0.05, 0) is 23.6 Å². The van der Waals surface area contributed by atoms with Gasteiger partial charge in [0, 0.05) is 12.6 Å². The highest BCUT2D eigenvalue weighted by atomic mass is 16.5. The SMILES string of the molecule is COc1cc([C@H](N)CN)ccc1OCC(C)C. The predicted octanol–water partition coefficient (Wildman–Crippen LogP) is 1.69. The summed E-state index contributed by atoms with van der Waals surface area (Å²) in [5.41, 5.74) is 12.4.